The fourth-order valence-corrected chi connectivity index (χ4v) is 3.56. The van der Waals surface area contributed by atoms with Gasteiger partial charge < -0.3 is 16.4 Å². The molecule has 6 heteroatoms. The molecule has 2 aromatic rings. The van der Waals surface area contributed by atoms with E-state index in [4.69, 9.17) is 5.73 Å². The summed E-state index contributed by atoms with van der Waals surface area (Å²) in [4.78, 5) is 28.9. The summed E-state index contributed by atoms with van der Waals surface area (Å²) in [5.41, 5.74) is 7.97. The van der Waals surface area contributed by atoms with Crippen molar-refractivity contribution in [3.05, 3.63) is 59.9 Å². The van der Waals surface area contributed by atoms with Gasteiger partial charge in [-0.25, -0.2) is 0 Å². The highest BCUT2D eigenvalue weighted by atomic mass is 16.2. The second-order valence-electron chi connectivity index (χ2n) is 7.41. The number of rotatable bonds is 5. The van der Waals surface area contributed by atoms with Crippen molar-refractivity contribution in [1.82, 2.24) is 10.3 Å². The molecule has 0 spiro atoms. The molecule has 6 nitrogen and oxygen atoms in total. The van der Waals surface area contributed by atoms with Gasteiger partial charge in [0.2, 0.25) is 5.91 Å². The highest BCUT2D eigenvalue weighted by Crippen LogP contribution is 2.31. The number of benzene rings is 1. The molecule has 1 aliphatic carbocycles. The van der Waals surface area contributed by atoms with E-state index in [1.807, 2.05) is 19.1 Å². The Kier molecular flexibility index (Phi) is 5.86. The van der Waals surface area contributed by atoms with Gasteiger partial charge in [-0.3, -0.25) is 14.6 Å². The molecule has 1 aromatic heterocycles. The second kappa shape index (κ2) is 8.31. The third-order valence-corrected chi connectivity index (χ3v) is 5.16. The van der Waals surface area contributed by atoms with Gasteiger partial charge in [0.1, 0.15) is 0 Å². The molecule has 1 aliphatic rings. The molecular weight excluding hydrogens is 340 g/mol. The molecule has 27 heavy (non-hydrogen) atoms. The van der Waals surface area contributed by atoms with Crippen molar-refractivity contribution in [2.75, 3.05) is 5.32 Å². The summed E-state index contributed by atoms with van der Waals surface area (Å²) in [5.74, 6) is -0.369. The summed E-state index contributed by atoms with van der Waals surface area (Å²) in [5, 5.41) is 5.81. The molecule has 1 heterocycles. The van der Waals surface area contributed by atoms with Crippen molar-refractivity contribution < 1.29 is 9.59 Å². The van der Waals surface area contributed by atoms with Crippen LogP contribution in [0.3, 0.4) is 0 Å². The quantitative estimate of drug-likeness (QED) is 0.758. The van der Waals surface area contributed by atoms with E-state index in [2.05, 4.69) is 15.6 Å². The number of nitrogens with zero attached hydrogens (tertiary/aromatic N) is 1. The molecule has 2 atom stereocenters. The molecule has 2 unspecified atom stereocenters. The van der Waals surface area contributed by atoms with Gasteiger partial charge in [0.25, 0.3) is 5.91 Å². The first-order valence-corrected chi connectivity index (χ1v) is 9.32. The van der Waals surface area contributed by atoms with Gasteiger partial charge in [-0.15, -0.1) is 0 Å². The van der Waals surface area contributed by atoms with Crippen LogP contribution < -0.4 is 16.4 Å². The van der Waals surface area contributed by atoms with Crippen molar-refractivity contribution in [2.45, 2.75) is 44.7 Å². The zero-order valence-corrected chi connectivity index (χ0v) is 15.6. The Bertz CT molecular complexity index is 805. The Morgan fingerprint density at radius 3 is 2.74 bits per heavy atom. The van der Waals surface area contributed by atoms with Gasteiger partial charge in [-0.05, 0) is 49.6 Å². The third kappa shape index (κ3) is 4.92. The van der Waals surface area contributed by atoms with Crippen LogP contribution in [0.1, 0.15) is 48.5 Å². The number of hydrogen-bond donors (Lipinski definition) is 3. The van der Waals surface area contributed by atoms with Crippen LogP contribution in [-0.4, -0.2) is 22.3 Å². The first-order valence-electron chi connectivity index (χ1n) is 9.32. The summed E-state index contributed by atoms with van der Waals surface area (Å²) >= 11 is 0. The number of carbonyl (C=O) groups excluding carboxylic acids is 2. The van der Waals surface area contributed by atoms with Crippen molar-refractivity contribution in [1.29, 1.82) is 0 Å². The second-order valence-corrected chi connectivity index (χ2v) is 7.41. The van der Waals surface area contributed by atoms with Crippen molar-refractivity contribution >= 4 is 17.5 Å². The van der Waals surface area contributed by atoms with Crippen molar-refractivity contribution in [2.24, 2.45) is 11.7 Å². The summed E-state index contributed by atoms with van der Waals surface area (Å²) in [6, 6.07) is 10.7. The number of aromatic nitrogens is 1. The molecule has 0 saturated heterocycles. The van der Waals surface area contributed by atoms with Crippen molar-refractivity contribution in [3.8, 4) is 0 Å². The molecule has 3 rings (SSSR count). The largest absolute Gasteiger partial charge is 0.352 e. The fraction of sp³-hybridized carbons (Fsp3) is 0.381. The lowest BCUT2D eigenvalue weighted by Crippen LogP contribution is -2.52. The number of anilines is 1. The number of nitrogens with two attached hydrogens (primary N) is 1. The average molecular weight is 366 g/mol. The highest BCUT2D eigenvalue weighted by Gasteiger charge is 2.37. The fourth-order valence-electron chi connectivity index (χ4n) is 3.56. The van der Waals surface area contributed by atoms with Crippen LogP contribution in [0.4, 0.5) is 5.69 Å². The molecule has 0 radical (unpaired) electrons. The molecule has 1 saturated carbocycles. The lowest BCUT2D eigenvalue weighted by molar-refractivity contribution is -0.128. The maximum atomic E-state index is 12.6. The molecule has 0 aliphatic heterocycles. The van der Waals surface area contributed by atoms with E-state index >= 15 is 0 Å². The third-order valence-electron chi connectivity index (χ3n) is 5.16. The minimum absolute atomic E-state index is 0.00802. The molecule has 4 N–H and O–H groups in total. The lowest BCUT2D eigenvalue weighted by atomic mass is 9.74. The van der Waals surface area contributed by atoms with Crippen molar-refractivity contribution in [3.63, 3.8) is 0 Å². The summed E-state index contributed by atoms with van der Waals surface area (Å²) in [6.45, 7) is 2.34. The minimum atomic E-state index is -0.450. The Morgan fingerprint density at radius 1 is 1.22 bits per heavy atom. The molecule has 142 valence electrons. The smallest absolute Gasteiger partial charge is 0.255 e. The molecule has 0 bridgehead atoms. The number of pyridine rings is 1. The topological polar surface area (TPSA) is 97.1 Å². The minimum Gasteiger partial charge on any atom is -0.352 e. The molecule has 1 aromatic carbocycles. The van der Waals surface area contributed by atoms with Crippen LogP contribution in [0.2, 0.25) is 0 Å². The number of carbonyl (C=O) groups is 2. The van der Waals surface area contributed by atoms with Crippen LogP contribution in [-0.2, 0) is 11.3 Å². The van der Waals surface area contributed by atoms with Gasteiger partial charge in [0.15, 0.2) is 0 Å². The normalized spacial score (nSPS) is 22.1. The van der Waals surface area contributed by atoms with E-state index < -0.39 is 5.54 Å². The van der Waals surface area contributed by atoms with Crippen LogP contribution in [0.5, 0.6) is 0 Å². The van der Waals surface area contributed by atoms with E-state index in [1.165, 1.54) is 0 Å². The first kappa shape index (κ1) is 19.0. The van der Waals surface area contributed by atoms with E-state index in [0.29, 0.717) is 17.8 Å². The summed E-state index contributed by atoms with van der Waals surface area (Å²) in [7, 11) is 0. The Hall–Kier alpha value is -2.73. The highest BCUT2D eigenvalue weighted by molar-refractivity contribution is 6.04. The number of amides is 2. The Balaban J connectivity index is 1.60. The monoisotopic (exact) mass is 366 g/mol. The van der Waals surface area contributed by atoms with Crippen LogP contribution in [0.15, 0.2) is 48.8 Å². The van der Waals surface area contributed by atoms with Gasteiger partial charge in [0.05, 0.1) is 5.92 Å². The van der Waals surface area contributed by atoms with E-state index in [-0.39, 0.29) is 17.7 Å². The van der Waals surface area contributed by atoms with Crippen LogP contribution >= 0.6 is 0 Å². The number of hydrogen-bond acceptors (Lipinski definition) is 4. The number of nitrogens with one attached hydrogen (secondary N) is 2. The molecule has 2 amide bonds. The van der Waals surface area contributed by atoms with Crippen LogP contribution in [0.25, 0.3) is 0 Å². The summed E-state index contributed by atoms with van der Waals surface area (Å²) in [6.07, 6.45) is 7.06. The SMILES string of the molecule is CC1(N)CCCCC1C(=O)NCc1cccc(C(=O)Nc2ccncc2)c1. The zero-order valence-electron chi connectivity index (χ0n) is 15.6. The first-order chi connectivity index (χ1) is 13.0. The van der Waals surface area contributed by atoms with E-state index in [1.54, 1.807) is 36.7 Å². The van der Waals surface area contributed by atoms with Gasteiger partial charge in [-0.2, -0.15) is 0 Å². The standard InChI is InChI=1S/C21H26N4O2/c1-21(22)10-3-2-7-18(21)20(27)24-14-15-5-4-6-16(13-15)19(26)25-17-8-11-23-12-9-17/h4-6,8-9,11-13,18H,2-3,7,10,14,22H2,1H3,(H,24,27)(H,23,25,26). The Morgan fingerprint density at radius 2 is 2.00 bits per heavy atom. The van der Waals surface area contributed by atoms with Gasteiger partial charge in [0, 0.05) is 35.7 Å². The predicted molar refractivity (Wildman–Crippen MR) is 105 cm³/mol. The van der Waals surface area contributed by atoms with E-state index in [9.17, 15) is 9.59 Å². The maximum Gasteiger partial charge on any atom is 0.255 e. The maximum absolute atomic E-state index is 12.6. The zero-order chi connectivity index (χ0) is 19.3. The van der Waals surface area contributed by atoms with Crippen LogP contribution in [0, 0.1) is 5.92 Å². The summed E-state index contributed by atoms with van der Waals surface area (Å²) < 4.78 is 0. The Labute approximate surface area is 159 Å². The average Bonchev–Trinajstić information content (AvgIpc) is 2.67. The molecular formula is C21H26N4O2. The predicted octanol–water partition coefficient (Wildman–Crippen LogP) is 2.86. The van der Waals surface area contributed by atoms with Gasteiger partial charge in [-0.1, -0.05) is 25.0 Å². The van der Waals surface area contributed by atoms with Gasteiger partial charge >= 0.3 is 0 Å². The lowest BCUT2D eigenvalue weighted by Gasteiger charge is -2.37. The van der Waals surface area contributed by atoms with E-state index in [0.717, 1.165) is 31.2 Å². The molecule has 1 fully saturated rings.